The molecule has 1 aromatic carbocycles. The topological polar surface area (TPSA) is 17.3 Å². The molecule has 2 heterocycles. The number of hydrogen-bond donors (Lipinski definition) is 0. The van der Waals surface area contributed by atoms with Gasteiger partial charge < -0.3 is 0 Å². The zero-order valence-corrected chi connectivity index (χ0v) is 8.47. The van der Waals surface area contributed by atoms with Gasteiger partial charge in [-0.05, 0) is 18.2 Å². The van der Waals surface area contributed by atoms with Crippen molar-refractivity contribution < 1.29 is 4.39 Å². The van der Waals surface area contributed by atoms with Crippen molar-refractivity contribution in [2.45, 2.75) is 0 Å². The summed E-state index contributed by atoms with van der Waals surface area (Å²) in [5.41, 5.74) is 2.31. The molecule has 0 bridgehead atoms. The molecule has 0 N–H and O–H groups in total. The van der Waals surface area contributed by atoms with Gasteiger partial charge in [0.25, 0.3) is 0 Å². The third-order valence-corrected chi connectivity index (χ3v) is 2.59. The zero-order chi connectivity index (χ0) is 11.0. The van der Waals surface area contributed by atoms with Gasteiger partial charge in [0.1, 0.15) is 5.82 Å². The Morgan fingerprint density at radius 1 is 0.938 bits per heavy atom. The van der Waals surface area contributed by atoms with E-state index in [1.54, 1.807) is 22.8 Å². The molecule has 0 saturated heterocycles. The molecule has 0 spiro atoms. The Morgan fingerprint density at radius 2 is 1.75 bits per heavy atom. The maximum absolute atomic E-state index is 13.6. The second-order valence-electron chi connectivity index (χ2n) is 3.57. The Hall–Kier alpha value is -2.16. The van der Waals surface area contributed by atoms with Crippen LogP contribution in [-0.4, -0.2) is 9.61 Å². The average molecular weight is 212 g/mol. The third-order valence-electron chi connectivity index (χ3n) is 2.59. The molecule has 3 aromatic rings. The van der Waals surface area contributed by atoms with Crippen LogP contribution in [0.1, 0.15) is 0 Å². The molecule has 0 saturated carbocycles. The van der Waals surface area contributed by atoms with Gasteiger partial charge in [-0.25, -0.2) is 8.91 Å². The van der Waals surface area contributed by atoms with Gasteiger partial charge in [0, 0.05) is 17.3 Å². The van der Waals surface area contributed by atoms with Gasteiger partial charge >= 0.3 is 0 Å². The van der Waals surface area contributed by atoms with Crippen molar-refractivity contribution in [3.05, 3.63) is 60.7 Å². The molecule has 0 fully saturated rings. The Balaban J connectivity index is 2.31. The van der Waals surface area contributed by atoms with Crippen LogP contribution in [0.25, 0.3) is 16.6 Å². The fraction of sp³-hybridized carbons (Fsp3) is 0. The molecule has 3 rings (SSSR count). The summed E-state index contributed by atoms with van der Waals surface area (Å²) in [4.78, 5) is 0. The predicted molar refractivity (Wildman–Crippen MR) is 60.6 cm³/mol. The van der Waals surface area contributed by atoms with Crippen molar-refractivity contribution >= 4 is 5.52 Å². The van der Waals surface area contributed by atoms with Crippen LogP contribution in [0.4, 0.5) is 4.39 Å². The molecule has 2 nitrogen and oxygen atoms in total. The number of fused-ring (bicyclic) bond motifs is 1. The normalized spacial score (nSPS) is 10.8. The van der Waals surface area contributed by atoms with Gasteiger partial charge in [-0.15, -0.1) is 0 Å². The first kappa shape index (κ1) is 9.09. The molecule has 0 aliphatic heterocycles. The van der Waals surface area contributed by atoms with Crippen LogP contribution >= 0.6 is 0 Å². The highest BCUT2D eigenvalue weighted by Gasteiger charge is 2.09. The highest BCUT2D eigenvalue weighted by molar-refractivity contribution is 5.79. The minimum Gasteiger partial charge on any atom is -0.240 e. The van der Waals surface area contributed by atoms with Gasteiger partial charge in [0.15, 0.2) is 0 Å². The van der Waals surface area contributed by atoms with Crippen LogP contribution in [0.2, 0.25) is 0 Å². The van der Waals surface area contributed by atoms with E-state index in [0.29, 0.717) is 5.56 Å². The molecule has 3 heteroatoms. The van der Waals surface area contributed by atoms with E-state index in [9.17, 15) is 4.39 Å². The van der Waals surface area contributed by atoms with Gasteiger partial charge in [0.2, 0.25) is 0 Å². The summed E-state index contributed by atoms with van der Waals surface area (Å²) in [7, 11) is 0. The van der Waals surface area contributed by atoms with Crippen molar-refractivity contribution in [2.24, 2.45) is 0 Å². The monoisotopic (exact) mass is 212 g/mol. The van der Waals surface area contributed by atoms with Crippen LogP contribution < -0.4 is 0 Å². The van der Waals surface area contributed by atoms with E-state index < -0.39 is 0 Å². The summed E-state index contributed by atoms with van der Waals surface area (Å²) >= 11 is 0. The number of aromatic nitrogens is 2. The Labute approximate surface area is 92.0 Å². The van der Waals surface area contributed by atoms with Crippen LogP contribution in [0.15, 0.2) is 54.9 Å². The molecule has 2 aromatic heterocycles. The summed E-state index contributed by atoms with van der Waals surface area (Å²) in [6.07, 6.45) is 3.54. The van der Waals surface area contributed by atoms with E-state index in [1.807, 2.05) is 30.5 Å². The Kier molecular flexibility index (Phi) is 1.96. The molecule has 0 atom stereocenters. The number of halogens is 1. The minimum atomic E-state index is -0.221. The number of hydrogen-bond acceptors (Lipinski definition) is 1. The van der Waals surface area contributed by atoms with Crippen molar-refractivity contribution in [2.75, 3.05) is 0 Å². The lowest BCUT2D eigenvalue weighted by Crippen LogP contribution is -1.85. The standard InChI is InChI=1S/C13H9FN2/c14-12-6-2-1-5-10(12)11-9-15-16-8-4-3-7-13(11)16/h1-9H. The highest BCUT2D eigenvalue weighted by atomic mass is 19.1. The van der Waals surface area contributed by atoms with Crippen molar-refractivity contribution in [1.29, 1.82) is 0 Å². The molecular weight excluding hydrogens is 203 g/mol. The molecule has 0 aliphatic carbocycles. The number of nitrogens with zero attached hydrogens (tertiary/aromatic N) is 2. The second kappa shape index (κ2) is 3.45. The lowest BCUT2D eigenvalue weighted by molar-refractivity contribution is 0.631. The van der Waals surface area contributed by atoms with E-state index in [1.165, 1.54) is 6.07 Å². The summed E-state index contributed by atoms with van der Waals surface area (Å²) in [6, 6.07) is 12.5. The lowest BCUT2D eigenvalue weighted by atomic mass is 10.1. The molecular formula is C13H9FN2. The van der Waals surface area contributed by atoms with E-state index >= 15 is 0 Å². The predicted octanol–water partition coefficient (Wildman–Crippen LogP) is 3.14. The molecule has 0 aliphatic rings. The molecule has 0 amide bonds. The van der Waals surface area contributed by atoms with Crippen molar-refractivity contribution in [3.8, 4) is 11.1 Å². The summed E-state index contributed by atoms with van der Waals surface area (Å²) in [5, 5.41) is 4.19. The Bertz CT molecular complexity index is 643. The number of pyridine rings is 1. The molecule has 0 unspecified atom stereocenters. The number of benzene rings is 1. The van der Waals surface area contributed by atoms with E-state index in [4.69, 9.17) is 0 Å². The maximum atomic E-state index is 13.6. The largest absolute Gasteiger partial charge is 0.240 e. The van der Waals surface area contributed by atoms with Crippen LogP contribution in [0.3, 0.4) is 0 Å². The van der Waals surface area contributed by atoms with Crippen molar-refractivity contribution in [3.63, 3.8) is 0 Å². The molecule has 0 radical (unpaired) electrons. The summed E-state index contributed by atoms with van der Waals surface area (Å²) in [5.74, 6) is -0.221. The van der Waals surface area contributed by atoms with E-state index in [2.05, 4.69) is 5.10 Å². The minimum absolute atomic E-state index is 0.221. The molecule has 16 heavy (non-hydrogen) atoms. The van der Waals surface area contributed by atoms with Crippen LogP contribution in [-0.2, 0) is 0 Å². The zero-order valence-electron chi connectivity index (χ0n) is 8.47. The SMILES string of the molecule is Fc1ccccc1-c1cnn2ccccc12. The van der Waals surface area contributed by atoms with Crippen LogP contribution in [0.5, 0.6) is 0 Å². The molecule has 78 valence electrons. The Morgan fingerprint density at radius 3 is 2.62 bits per heavy atom. The van der Waals surface area contributed by atoms with Gasteiger partial charge in [-0.1, -0.05) is 24.3 Å². The van der Waals surface area contributed by atoms with E-state index in [-0.39, 0.29) is 5.82 Å². The van der Waals surface area contributed by atoms with Gasteiger partial charge in [-0.3, -0.25) is 0 Å². The fourth-order valence-corrected chi connectivity index (χ4v) is 1.82. The fourth-order valence-electron chi connectivity index (χ4n) is 1.82. The summed E-state index contributed by atoms with van der Waals surface area (Å²) in [6.45, 7) is 0. The van der Waals surface area contributed by atoms with Gasteiger partial charge in [0.05, 0.1) is 11.7 Å². The first-order valence-electron chi connectivity index (χ1n) is 5.03. The lowest BCUT2D eigenvalue weighted by Gasteiger charge is -2.00. The quantitative estimate of drug-likeness (QED) is 0.605. The van der Waals surface area contributed by atoms with Crippen LogP contribution in [0, 0.1) is 5.82 Å². The maximum Gasteiger partial charge on any atom is 0.131 e. The smallest absolute Gasteiger partial charge is 0.131 e. The third kappa shape index (κ3) is 1.29. The first-order chi connectivity index (χ1) is 7.86. The van der Waals surface area contributed by atoms with Crippen molar-refractivity contribution in [1.82, 2.24) is 9.61 Å². The summed E-state index contributed by atoms with van der Waals surface area (Å²) < 4.78 is 15.4. The second-order valence-corrected chi connectivity index (χ2v) is 3.57. The average Bonchev–Trinajstić information content (AvgIpc) is 2.74. The highest BCUT2D eigenvalue weighted by Crippen LogP contribution is 2.26. The van der Waals surface area contributed by atoms with E-state index in [0.717, 1.165) is 11.1 Å². The first-order valence-corrected chi connectivity index (χ1v) is 5.03. The van der Waals surface area contributed by atoms with Gasteiger partial charge in [-0.2, -0.15) is 5.10 Å². The number of rotatable bonds is 1.